The molecule has 106 valence electrons. The van der Waals surface area contributed by atoms with Gasteiger partial charge in [-0.1, -0.05) is 6.07 Å². The van der Waals surface area contributed by atoms with Crippen molar-refractivity contribution in [3.8, 4) is 0 Å². The van der Waals surface area contributed by atoms with Gasteiger partial charge >= 0.3 is 0 Å². The van der Waals surface area contributed by atoms with Gasteiger partial charge in [0, 0.05) is 23.4 Å². The number of nitrogens with one attached hydrogen (secondary N) is 1. The number of hydrogen-bond donors (Lipinski definition) is 1. The molecule has 1 N–H and O–H groups in total. The van der Waals surface area contributed by atoms with Crippen LogP contribution in [-0.2, 0) is 11.2 Å². The van der Waals surface area contributed by atoms with Gasteiger partial charge in [0.25, 0.3) is 0 Å². The lowest BCUT2D eigenvalue weighted by molar-refractivity contribution is -0.121. The van der Waals surface area contributed by atoms with Gasteiger partial charge in [0.15, 0.2) is 0 Å². The van der Waals surface area contributed by atoms with E-state index in [1.54, 1.807) is 12.4 Å². The Bertz CT molecular complexity index is 587. The zero-order valence-electron chi connectivity index (χ0n) is 10.9. The van der Waals surface area contributed by atoms with Crippen molar-refractivity contribution in [2.24, 2.45) is 0 Å². The molecule has 0 saturated carbocycles. The van der Waals surface area contributed by atoms with Crippen LogP contribution >= 0.6 is 11.3 Å². The summed E-state index contributed by atoms with van der Waals surface area (Å²) in [6, 6.07) is 2.83. The summed E-state index contributed by atoms with van der Waals surface area (Å²) in [6.07, 6.45) is 0.838. The Morgan fingerprint density at radius 1 is 1.45 bits per heavy atom. The van der Waals surface area contributed by atoms with E-state index in [2.05, 4.69) is 10.3 Å². The molecule has 0 aliphatic carbocycles. The van der Waals surface area contributed by atoms with E-state index in [9.17, 15) is 13.6 Å². The molecule has 1 aromatic heterocycles. The monoisotopic (exact) mass is 296 g/mol. The van der Waals surface area contributed by atoms with E-state index in [1.165, 1.54) is 23.5 Å². The fraction of sp³-hybridized carbons (Fsp3) is 0.286. The molecule has 1 amide bonds. The molecule has 0 spiro atoms. The largest absolute Gasteiger partial charge is 0.349 e. The fourth-order valence-corrected chi connectivity index (χ4v) is 2.44. The SMILES string of the molecule is C[C@@H](NC(=O)CCc1cscn1)c1ccc(F)cc1F. The second-order valence-corrected chi connectivity index (χ2v) is 5.15. The van der Waals surface area contributed by atoms with Gasteiger partial charge in [-0.15, -0.1) is 11.3 Å². The summed E-state index contributed by atoms with van der Waals surface area (Å²) in [4.78, 5) is 15.9. The van der Waals surface area contributed by atoms with Crippen LogP contribution < -0.4 is 5.32 Å². The fourth-order valence-electron chi connectivity index (χ4n) is 1.85. The highest BCUT2D eigenvalue weighted by Gasteiger charge is 2.14. The van der Waals surface area contributed by atoms with Gasteiger partial charge in [-0.3, -0.25) is 4.79 Å². The summed E-state index contributed by atoms with van der Waals surface area (Å²) in [5.41, 5.74) is 2.85. The van der Waals surface area contributed by atoms with Crippen molar-refractivity contribution < 1.29 is 13.6 Å². The lowest BCUT2D eigenvalue weighted by atomic mass is 10.1. The predicted octanol–water partition coefficient (Wildman–Crippen LogP) is 3.23. The van der Waals surface area contributed by atoms with Gasteiger partial charge in [-0.05, 0) is 19.4 Å². The third-order valence-corrected chi connectivity index (χ3v) is 3.53. The van der Waals surface area contributed by atoms with Gasteiger partial charge in [0.1, 0.15) is 11.6 Å². The van der Waals surface area contributed by atoms with Crippen LogP contribution in [0.2, 0.25) is 0 Å². The number of rotatable bonds is 5. The van der Waals surface area contributed by atoms with Crippen LogP contribution in [0, 0.1) is 11.6 Å². The Kier molecular flexibility index (Phi) is 4.79. The number of nitrogens with zero attached hydrogens (tertiary/aromatic N) is 1. The lowest BCUT2D eigenvalue weighted by Gasteiger charge is -2.15. The van der Waals surface area contributed by atoms with Gasteiger partial charge < -0.3 is 5.32 Å². The molecule has 3 nitrogen and oxygen atoms in total. The van der Waals surface area contributed by atoms with Gasteiger partial charge in [0.2, 0.25) is 5.91 Å². The first-order valence-corrected chi connectivity index (χ1v) is 7.12. The highest BCUT2D eigenvalue weighted by atomic mass is 32.1. The Balaban J connectivity index is 1.90. The van der Waals surface area contributed by atoms with Crippen molar-refractivity contribution in [1.29, 1.82) is 0 Å². The molecule has 0 bridgehead atoms. The van der Waals surface area contributed by atoms with E-state index in [-0.39, 0.29) is 17.9 Å². The molecule has 0 saturated heterocycles. The van der Waals surface area contributed by atoms with Crippen molar-refractivity contribution in [2.75, 3.05) is 0 Å². The van der Waals surface area contributed by atoms with E-state index in [1.807, 2.05) is 5.38 Å². The summed E-state index contributed by atoms with van der Waals surface area (Å²) in [5, 5.41) is 4.58. The van der Waals surface area contributed by atoms with Crippen LogP contribution in [0.15, 0.2) is 29.1 Å². The molecule has 20 heavy (non-hydrogen) atoms. The van der Waals surface area contributed by atoms with Crippen LogP contribution in [0.3, 0.4) is 0 Å². The molecule has 0 fully saturated rings. The molecule has 2 rings (SSSR count). The Morgan fingerprint density at radius 2 is 2.25 bits per heavy atom. The van der Waals surface area contributed by atoms with E-state index in [0.717, 1.165) is 11.8 Å². The highest BCUT2D eigenvalue weighted by Crippen LogP contribution is 2.17. The maximum atomic E-state index is 13.6. The zero-order valence-corrected chi connectivity index (χ0v) is 11.7. The quantitative estimate of drug-likeness (QED) is 0.920. The lowest BCUT2D eigenvalue weighted by Crippen LogP contribution is -2.27. The maximum absolute atomic E-state index is 13.6. The Hall–Kier alpha value is -1.82. The normalized spacial score (nSPS) is 12.2. The minimum Gasteiger partial charge on any atom is -0.349 e. The van der Waals surface area contributed by atoms with Crippen molar-refractivity contribution in [3.05, 3.63) is 52.0 Å². The summed E-state index contributed by atoms with van der Waals surface area (Å²) in [7, 11) is 0. The van der Waals surface area contributed by atoms with Crippen molar-refractivity contribution in [3.63, 3.8) is 0 Å². The molecular formula is C14H14F2N2OS. The molecule has 1 aromatic carbocycles. The molecule has 6 heteroatoms. The Morgan fingerprint density at radius 3 is 2.90 bits per heavy atom. The molecule has 2 aromatic rings. The van der Waals surface area contributed by atoms with Gasteiger partial charge in [0.05, 0.1) is 17.2 Å². The van der Waals surface area contributed by atoms with E-state index >= 15 is 0 Å². The van der Waals surface area contributed by atoms with Gasteiger partial charge in [-0.2, -0.15) is 0 Å². The third-order valence-electron chi connectivity index (χ3n) is 2.90. The second-order valence-electron chi connectivity index (χ2n) is 4.43. The Labute approximate surface area is 119 Å². The molecule has 0 aliphatic heterocycles. The molecule has 1 atom stereocenters. The summed E-state index contributed by atoms with van der Waals surface area (Å²) in [6.45, 7) is 1.66. The van der Waals surface area contributed by atoms with Crippen LogP contribution in [0.25, 0.3) is 0 Å². The smallest absolute Gasteiger partial charge is 0.220 e. The van der Waals surface area contributed by atoms with Crippen molar-refractivity contribution in [2.45, 2.75) is 25.8 Å². The van der Waals surface area contributed by atoms with Crippen LogP contribution in [0.4, 0.5) is 8.78 Å². The molecule has 0 aliphatic rings. The standard InChI is InChI=1S/C14H14F2N2OS/c1-9(12-4-2-10(15)6-13(12)16)18-14(19)5-3-11-7-20-8-17-11/h2,4,6-9H,3,5H2,1H3,(H,18,19)/t9-/m1/s1. The van der Waals surface area contributed by atoms with E-state index in [4.69, 9.17) is 0 Å². The summed E-state index contributed by atoms with van der Waals surface area (Å²) < 4.78 is 26.4. The number of amides is 1. The minimum absolute atomic E-state index is 0.186. The molecule has 0 radical (unpaired) electrons. The number of aromatic nitrogens is 1. The predicted molar refractivity (Wildman–Crippen MR) is 73.4 cm³/mol. The van der Waals surface area contributed by atoms with Gasteiger partial charge in [-0.25, -0.2) is 13.8 Å². The topological polar surface area (TPSA) is 42.0 Å². The first-order chi connectivity index (χ1) is 9.56. The molecule has 0 unspecified atom stereocenters. The first-order valence-electron chi connectivity index (χ1n) is 6.17. The number of halogens is 2. The van der Waals surface area contributed by atoms with Crippen LogP contribution in [0.5, 0.6) is 0 Å². The highest BCUT2D eigenvalue weighted by molar-refractivity contribution is 7.07. The van der Waals surface area contributed by atoms with Crippen molar-refractivity contribution in [1.82, 2.24) is 10.3 Å². The average Bonchev–Trinajstić information content (AvgIpc) is 2.89. The average molecular weight is 296 g/mol. The summed E-state index contributed by atoms with van der Waals surface area (Å²) >= 11 is 1.48. The molecular weight excluding hydrogens is 282 g/mol. The zero-order chi connectivity index (χ0) is 14.5. The van der Waals surface area contributed by atoms with Crippen molar-refractivity contribution >= 4 is 17.2 Å². The number of carbonyl (C=O) groups is 1. The molecule has 1 heterocycles. The van der Waals surface area contributed by atoms with E-state index in [0.29, 0.717) is 6.42 Å². The number of hydrogen-bond acceptors (Lipinski definition) is 3. The second kappa shape index (κ2) is 6.56. The first kappa shape index (κ1) is 14.6. The number of thiazole rings is 1. The number of aryl methyl sites for hydroxylation is 1. The minimum atomic E-state index is -0.655. The number of carbonyl (C=O) groups excluding carboxylic acids is 1. The maximum Gasteiger partial charge on any atom is 0.220 e. The van der Waals surface area contributed by atoms with E-state index < -0.39 is 17.7 Å². The summed E-state index contributed by atoms with van der Waals surface area (Å²) in [5.74, 6) is -1.47. The third kappa shape index (κ3) is 3.84. The number of benzene rings is 1. The van der Waals surface area contributed by atoms with Crippen LogP contribution in [-0.4, -0.2) is 10.9 Å². The van der Waals surface area contributed by atoms with Crippen LogP contribution in [0.1, 0.15) is 30.6 Å².